The van der Waals surface area contributed by atoms with Crippen molar-refractivity contribution in [3.05, 3.63) is 34.9 Å². The number of hydrogen-bond acceptors (Lipinski definition) is 3. The number of esters is 1. The lowest BCUT2D eigenvalue weighted by atomic mass is 9.76. The van der Waals surface area contributed by atoms with Gasteiger partial charge in [0.1, 0.15) is 6.04 Å². The van der Waals surface area contributed by atoms with Gasteiger partial charge in [-0.05, 0) is 25.0 Å². The lowest BCUT2D eigenvalue weighted by molar-refractivity contribution is -0.143. The molecule has 1 unspecified atom stereocenters. The number of carbonyl (C=O) groups excluding carboxylic acids is 1. The minimum absolute atomic E-state index is 0.380. The number of methoxy groups -OCH3 is 1. The molecule has 0 fully saturated rings. The van der Waals surface area contributed by atoms with E-state index in [4.69, 9.17) is 10.5 Å². The number of rotatable bonds is 3. The Balaban J connectivity index is 3.16. The average molecular weight is 235 g/mol. The van der Waals surface area contributed by atoms with Crippen molar-refractivity contribution in [2.75, 3.05) is 7.11 Å². The molecule has 0 aromatic heterocycles. The van der Waals surface area contributed by atoms with Crippen LogP contribution in [-0.2, 0) is 14.9 Å². The number of ether oxygens (including phenoxy) is 1. The van der Waals surface area contributed by atoms with Gasteiger partial charge in [-0.15, -0.1) is 0 Å². The highest BCUT2D eigenvalue weighted by molar-refractivity contribution is 5.77. The minimum Gasteiger partial charge on any atom is -0.468 e. The molecule has 17 heavy (non-hydrogen) atoms. The van der Waals surface area contributed by atoms with Gasteiger partial charge in [-0.1, -0.05) is 37.6 Å². The molecule has 0 bridgehead atoms. The van der Waals surface area contributed by atoms with Crippen LogP contribution in [-0.4, -0.2) is 19.1 Å². The standard InChI is InChI=1S/C14H21NO2/c1-9-6-7-11(10(2)8-9)14(3,4)12(15)13(16)17-5/h6-8,12H,15H2,1-5H3. The van der Waals surface area contributed by atoms with E-state index in [1.807, 2.05) is 39.8 Å². The van der Waals surface area contributed by atoms with Crippen LogP contribution < -0.4 is 5.73 Å². The van der Waals surface area contributed by atoms with Crippen molar-refractivity contribution >= 4 is 5.97 Å². The van der Waals surface area contributed by atoms with Crippen LogP contribution in [0.5, 0.6) is 0 Å². The van der Waals surface area contributed by atoms with E-state index < -0.39 is 11.5 Å². The third kappa shape index (κ3) is 2.67. The maximum absolute atomic E-state index is 11.6. The molecule has 1 aromatic rings. The second kappa shape index (κ2) is 4.88. The minimum atomic E-state index is -0.658. The van der Waals surface area contributed by atoms with Crippen molar-refractivity contribution in [3.8, 4) is 0 Å². The second-order valence-corrected chi connectivity index (χ2v) is 5.04. The fraction of sp³-hybridized carbons (Fsp3) is 0.500. The molecular weight excluding hydrogens is 214 g/mol. The summed E-state index contributed by atoms with van der Waals surface area (Å²) in [5.41, 5.74) is 8.96. The molecule has 0 saturated carbocycles. The lowest BCUT2D eigenvalue weighted by Gasteiger charge is -2.31. The molecule has 0 aliphatic carbocycles. The van der Waals surface area contributed by atoms with Gasteiger partial charge in [0.15, 0.2) is 0 Å². The van der Waals surface area contributed by atoms with Crippen LogP contribution in [0.2, 0.25) is 0 Å². The zero-order valence-corrected chi connectivity index (χ0v) is 11.2. The number of benzene rings is 1. The van der Waals surface area contributed by atoms with Crippen LogP contribution in [0.1, 0.15) is 30.5 Å². The van der Waals surface area contributed by atoms with Crippen LogP contribution in [0.3, 0.4) is 0 Å². The summed E-state index contributed by atoms with van der Waals surface area (Å²) in [5, 5.41) is 0. The molecule has 0 aliphatic heterocycles. The first-order valence-electron chi connectivity index (χ1n) is 5.72. The quantitative estimate of drug-likeness (QED) is 0.816. The second-order valence-electron chi connectivity index (χ2n) is 5.04. The third-order valence-corrected chi connectivity index (χ3v) is 3.31. The normalized spacial score (nSPS) is 13.3. The monoisotopic (exact) mass is 235 g/mol. The maximum atomic E-state index is 11.6. The van der Waals surface area contributed by atoms with Gasteiger partial charge < -0.3 is 10.5 Å². The van der Waals surface area contributed by atoms with Gasteiger partial charge >= 0.3 is 5.97 Å². The Morgan fingerprint density at radius 1 is 1.35 bits per heavy atom. The Morgan fingerprint density at radius 2 is 1.94 bits per heavy atom. The van der Waals surface area contributed by atoms with Crippen molar-refractivity contribution in [2.24, 2.45) is 5.73 Å². The van der Waals surface area contributed by atoms with Crippen LogP contribution in [0.15, 0.2) is 18.2 Å². The Bertz CT molecular complexity index is 424. The SMILES string of the molecule is COC(=O)C(N)C(C)(C)c1ccc(C)cc1C. The van der Waals surface area contributed by atoms with Crippen molar-refractivity contribution in [2.45, 2.75) is 39.2 Å². The van der Waals surface area contributed by atoms with Gasteiger partial charge in [0, 0.05) is 5.41 Å². The molecule has 0 saturated heterocycles. The van der Waals surface area contributed by atoms with E-state index in [9.17, 15) is 4.79 Å². The molecule has 3 heteroatoms. The summed E-state index contributed by atoms with van der Waals surface area (Å²) >= 11 is 0. The summed E-state index contributed by atoms with van der Waals surface area (Å²) < 4.78 is 4.72. The van der Waals surface area contributed by atoms with E-state index in [-0.39, 0.29) is 5.97 Å². The molecule has 0 spiro atoms. The Labute approximate surface area is 103 Å². The van der Waals surface area contributed by atoms with Crippen molar-refractivity contribution in [1.29, 1.82) is 0 Å². The summed E-state index contributed by atoms with van der Waals surface area (Å²) in [4.78, 5) is 11.6. The van der Waals surface area contributed by atoms with Gasteiger partial charge in [0.05, 0.1) is 7.11 Å². The first-order valence-corrected chi connectivity index (χ1v) is 5.72. The smallest absolute Gasteiger partial charge is 0.323 e. The predicted octanol–water partition coefficient (Wildman–Crippen LogP) is 2.08. The highest BCUT2D eigenvalue weighted by Gasteiger charge is 2.35. The molecule has 0 aliphatic rings. The van der Waals surface area contributed by atoms with E-state index in [1.54, 1.807) is 0 Å². The topological polar surface area (TPSA) is 52.3 Å². The largest absolute Gasteiger partial charge is 0.468 e. The first kappa shape index (κ1) is 13.7. The highest BCUT2D eigenvalue weighted by Crippen LogP contribution is 2.29. The van der Waals surface area contributed by atoms with E-state index in [0.29, 0.717) is 0 Å². The summed E-state index contributed by atoms with van der Waals surface area (Å²) in [6.07, 6.45) is 0. The molecule has 1 rings (SSSR count). The fourth-order valence-electron chi connectivity index (χ4n) is 2.13. The summed E-state index contributed by atoms with van der Waals surface area (Å²) in [6.45, 7) is 8.01. The van der Waals surface area contributed by atoms with E-state index in [0.717, 1.165) is 11.1 Å². The molecule has 94 valence electrons. The van der Waals surface area contributed by atoms with Gasteiger partial charge in [-0.25, -0.2) is 0 Å². The molecule has 1 aromatic carbocycles. The van der Waals surface area contributed by atoms with Crippen molar-refractivity contribution in [3.63, 3.8) is 0 Å². The fourth-order valence-corrected chi connectivity index (χ4v) is 2.13. The predicted molar refractivity (Wildman–Crippen MR) is 68.9 cm³/mol. The van der Waals surface area contributed by atoms with Crippen LogP contribution in [0, 0.1) is 13.8 Å². The third-order valence-electron chi connectivity index (χ3n) is 3.31. The molecule has 1 atom stereocenters. The van der Waals surface area contributed by atoms with Gasteiger partial charge in [0.25, 0.3) is 0 Å². The molecular formula is C14H21NO2. The molecule has 0 amide bonds. The molecule has 2 N–H and O–H groups in total. The summed E-state index contributed by atoms with van der Waals surface area (Å²) in [5.74, 6) is -0.380. The van der Waals surface area contributed by atoms with Gasteiger partial charge in [-0.3, -0.25) is 4.79 Å². The Kier molecular flexibility index (Phi) is 3.94. The lowest BCUT2D eigenvalue weighted by Crippen LogP contribution is -2.47. The van der Waals surface area contributed by atoms with Gasteiger partial charge in [-0.2, -0.15) is 0 Å². The number of nitrogens with two attached hydrogens (primary N) is 1. The van der Waals surface area contributed by atoms with E-state index in [2.05, 4.69) is 6.07 Å². The average Bonchev–Trinajstić information content (AvgIpc) is 2.26. The van der Waals surface area contributed by atoms with E-state index >= 15 is 0 Å². The Morgan fingerprint density at radius 3 is 2.41 bits per heavy atom. The maximum Gasteiger partial charge on any atom is 0.323 e. The number of carbonyl (C=O) groups is 1. The van der Waals surface area contributed by atoms with Crippen molar-refractivity contribution in [1.82, 2.24) is 0 Å². The zero-order valence-electron chi connectivity index (χ0n) is 11.2. The molecule has 0 radical (unpaired) electrons. The Hall–Kier alpha value is -1.35. The van der Waals surface area contributed by atoms with Crippen LogP contribution in [0.4, 0.5) is 0 Å². The van der Waals surface area contributed by atoms with E-state index in [1.165, 1.54) is 12.7 Å². The first-order chi connectivity index (χ1) is 7.80. The van der Waals surface area contributed by atoms with Crippen molar-refractivity contribution < 1.29 is 9.53 Å². The number of hydrogen-bond donors (Lipinski definition) is 1. The molecule has 3 nitrogen and oxygen atoms in total. The zero-order chi connectivity index (χ0) is 13.2. The summed E-state index contributed by atoms with van der Waals surface area (Å²) in [7, 11) is 1.36. The molecule has 0 heterocycles. The van der Waals surface area contributed by atoms with Gasteiger partial charge in [0.2, 0.25) is 0 Å². The van der Waals surface area contributed by atoms with Crippen LogP contribution >= 0.6 is 0 Å². The highest BCUT2D eigenvalue weighted by atomic mass is 16.5. The number of aryl methyl sites for hydroxylation is 2. The summed E-state index contributed by atoms with van der Waals surface area (Å²) in [6, 6.07) is 5.51. The van der Waals surface area contributed by atoms with Crippen LogP contribution in [0.25, 0.3) is 0 Å².